The zero-order valence-corrected chi connectivity index (χ0v) is 9.86. The van der Waals surface area contributed by atoms with Crippen LogP contribution >= 0.6 is 0 Å². The number of amides is 1. The maximum absolute atomic E-state index is 11.7. The van der Waals surface area contributed by atoms with E-state index >= 15 is 0 Å². The van der Waals surface area contributed by atoms with E-state index in [0.29, 0.717) is 11.3 Å². The van der Waals surface area contributed by atoms with Gasteiger partial charge in [-0.1, -0.05) is 19.1 Å². The Morgan fingerprint density at radius 2 is 1.88 bits per heavy atom. The molecule has 90 valence electrons. The summed E-state index contributed by atoms with van der Waals surface area (Å²) in [4.78, 5) is 22.1. The second-order valence-electron chi connectivity index (χ2n) is 3.67. The summed E-state index contributed by atoms with van der Waals surface area (Å²) in [6.45, 7) is 3.57. The van der Waals surface area contributed by atoms with Crippen LogP contribution in [0.2, 0.25) is 0 Å². The van der Waals surface area contributed by atoms with Crippen LogP contribution in [0.3, 0.4) is 0 Å². The summed E-state index contributed by atoms with van der Waals surface area (Å²) in [6, 6.07) is 7.21. The van der Waals surface area contributed by atoms with Gasteiger partial charge in [-0.2, -0.15) is 0 Å². The van der Waals surface area contributed by atoms with Crippen LogP contribution in [0.5, 0.6) is 0 Å². The lowest BCUT2D eigenvalue weighted by Crippen LogP contribution is -2.21. The topological polar surface area (TPSA) is 66.4 Å². The van der Waals surface area contributed by atoms with Crippen LogP contribution in [0, 0.1) is 0 Å². The number of nitrogens with one attached hydrogen (secondary N) is 1. The summed E-state index contributed by atoms with van der Waals surface area (Å²) in [5.74, 6) is -1.38. The zero-order chi connectivity index (χ0) is 12.8. The van der Waals surface area contributed by atoms with Gasteiger partial charge in [-0.15, -0.1) is 0 Å². The third-order valence-corrected chi connectivity index (χ3v) is 2.28. The first-order valence-electron chi connectivity index (χ1n) is 5.34. The van der Waals surface area contributed by atoms with Crippen LogP contribution in [0.1, 0.15) is 29.8 Å². The minimum absolute atomic E-state index is 0.303. The highest BCUT2D eigenvalue weighted by molar-refractivity contribution is 5.95. The highest BCUT2D eigenvalue weighted by Gasteiger charge is 2.05. The molecule has 0 aliphatic carbocycles. The van der Waals surface area contributed by atoms with Gasteiger partial charge in [-0.3, -0.25) is 4.79 Å². The van der Waals surface area contributed by atoms with Crippen molar-refractivity contribution in [3.63, 3.8) is 0 Å². The van der Waals surface area contributed by atoms with Gasteiger partial charge in [-0.25, -0.2) is 4.79 Å². The summed E-state index contributed by atoms with van der Waals surface area (Å²) in [5.41, 5.74) is 1.97. The van der Waals surface area contributed by atoms with E-state index in [1.54, 1.807) is 12.1 Å². The van der Waals surface area contributed by atoms with E-state index in [9.17, 15) is 9.59 Å². The second kappa shape index (κ2) is 5.84. The molecule has 0 bridgehead atoms. The van der Waals surface area contributed by atoms with Crippen molar-refractivity contribution < 1.29 is 14.7 Å². The lowest BCUT2D eigenvalue weighted by molar-refractivity contribution is -0.131. The number of benzene rings is 1. The molecule has 2 N–H and O–H groups in total. The SMILES string of the molecule is CCc1ccc(C(=O)N/C(C)=C\C(=O)O)cc1. The lowest BCUT2D eigenvalue weighted by atomic mass is 10.1. The Kier molecular flexibility index (Phi) is 4.46. The highest BCUT2D eigenvalue weighted by atomic mass is 16.4. The molecule has 17 heavy (non-hydrogen) atoms. The van der Waals surface area contributed by atoms with E-state index in [1.807, 2.05) is 19.1 Å². The summed E-state index contributed by atoms with van der Waals surface area (Å²) in [7, 11) is 0. The average molecular weight is 233 g/mol. The molecule has 1 rings (SSSR count). The molecule has 0 heterocycles. The van der Waals surface area contributed by atoms with Crippen molar-refractivity contribution in [1.29, 1.82) is 0 Å². The maximum atomic E-state index is 11.7. The van der Waals surface area contributed by atoms with Crippen LogP contribution in [0.15, 0.2) is 36.0 Å². The molecule has 0 unspecified atom stereocenters. The van der Waals surface area contributed by atoms with Crippen molar-refractivity contribution in [2.75, 3.05) is 0 Å². The van der Waals surface area contributed by atoms with Crippen molar-refractivity contribution in [3.8, 4) is 0 Å². The van der Waals surface area contributed by atoms with Crippen LogP contribution in [0.25, 0.3) is 0 Å². The van der Waals surface area contributed by atoms with Gasteiger partial charge in [0.15, 0.2) is 0 Å². The second-order valence-corrected chi connectivity index (χ2v) is 3.67. The van der Waals surface area contributed by atoms with Gasteiger partial charge in [0, 0.05) is 17.3 Å². The normalized spacial score (nSPS) is 11.1. The van der Waals surface area contributed by atoms with Gasteiger partial charge in [0.2, 0.25) is 0 Å². The first-order chi connectivity index (χ1) is 8.02. The third kappa shape index (κ3) is 4.10. The molecule has 0 fully saturated rings. The lowest BCUT2D eigenvalue weighted by Gasteiger charge is -2.05. The summed E-state index contributed by atoms with van der Waals surface area (Å²) < 4.78 is 0. The maximum Gasteiger partial charge on any atom is 0.330 e. The van der Waals surface area contributed by atoms with Crippen LogP contribution < -0.4 is 5.32 Å². The number of allylic oxidation sites excluding steroid dienone is 1. The number of aryl methyl sites for hydroxylation is 1. The molecular weight excluding hydrogens is 218 g/mol. The molecule has 0 aliphatic rings. The minimum Gasteiger partial charge on any atom is -0.478 e. The van der Waals surface area contributed by atoms with Gasteiger partial charge in [0.05, 0.1) is 0 Å². The van der Waals surface area contributed by atoms with Gasteiger partial charge >= 0.3 is 5.97 Å². The Morgan fingerprint density at radius 3 is 2.35 bits per heavy atom. The van der Waals surface area contributed by atoms with E-state index in [1.165, 1.54) is 6.92 Å². The van der Waals surface area contributed by atoms with Gasteiger partial charge in [-0.05, 0) is 31.0 Å². The van der Waals surface area contributed by atoms with Crippen molar-refractivity contribution in [3.05, 3.63) is 47.2 Å². The fourth-order valence-corrected chi connectivity index (χ4v) is 1.36. The summed E-state index contributed by atoms with van der Waals surface area (Å²) in [5, 5.41) is 11.0. The van der Waals surface area contributed by atoms with Crippen LogP contribution in [0.4, 0.5) is 0 Å². The number of carboxylic acids is 1. The van der Waals surface area contributed by atoms with Crippen molar-refractivity contribution >= 4 is 11.9 Å². The Morgan fingerprint density at radius 1 is 1.29 bits per heavy atom. The first kappa shape index (κ1) is 13.0. The molecule has 1 aromatic carbocycles. The number of carbonyl (C=O) groups is 2. The molecule has 1 aromatic rings. The van der Waals surface area contributed by atoms with E-state index in [2.05, 4.69) is 5.32 Å². The van der Waals surface area contributed by atoms with E-state index in [-0.39, 0.29) is 5.91 Å². The van der Waals surface area contributed by atoms with Crippen LogP contribution in [-0.4, -0.2) is 17.0 Å². The average Bonchev–Trinajstić information content (AvgIpc) is 2.28. The number of rotatable bonds is 4. The molecule has 0 saturated carbocycles. The molecule has 4 nitrogen and oxygen atoms in total. The molecule has 0 saturated heterocycles. The molecule has 0 aromatic heterocycles. The van der Waals surface area contributed by atoms with Gasteiger partial charge in [0.25, 0.3) is 5.91 Å². The fraction of sp³-hybridized carbons (Fsp3) is 0.231. The number of hydrogen-bond donors (Lipinski definition) is 2. The molecular formula is C13H15NO3. The van der Waals surface area contributed by atoms with E-state index in [0.717, 1.165) is 18.1 Å². The largest absolute Gasteiger partial charge is 0.478 e. The van der Waals surface area contributed by atoms with Crippen molar-refractivity contribution in [2.45, 2.75) is 20.3 Å². The molecule has 0 spiro atoms. The number of carboxylic acid groups (broad SMARTS) is 1. The van der Waals surface area contributed by atoms with Crippen molar-refractivity contribution in [1.82, 2.24) is 5.32 Å². The molecule has 0 atom stereocenters. The molecule has 0 radical (unpaired) electrons. The molecule has 4 heteroatoms. The summed E-state index contributed by atoms with van der Waals surface area (Å²) in [6.07, 6.45) is 1.87. The van der Waals surface area contributed by atoms with Crippen LogP contribution in [-0.2, 0) is 11.2 Å². The Labute approximate surface area is 100.0 Å². The minimum atomic E-state index is -1.08. The predicted octanol–water partition coefficient (Wildman–Crippen LogP) is 1.97. The fourth-order valence-electron chi connectivity index (χ4n) is 1.36. The highest BCUT2D eigenvalue weighted by Crippen LogP contribution is 2.05. The Hall–Kier alpha value is -2.10. The molecule has 0 aliphatic heterocycles. The zero-order valence-electron chi connectivity index (χ0n) is 9.86. The summed E-state index contributed by atoms with van der Waals surface area (Å²) >= 11 is 0. The quantitative estimate of drug-likeness (QED) is 0.781. The standard InChI is InChI=1S/C13H15NO3/c1-3-10-4-6-11(7-5-10)13(17)14-9(2)8-12(15)16/h4-8H,3H2,1-2H3,(H,14,17)(H,15,16)/b9-8-. The van der Waals surface area contributed by atoms with Crippen molar-refractivity contribution in [2.24, 2.45) is 0 Å². The predicted molar refractivity (Wildman–Crippen MR) is 64.7 cm³/mol. The van der Waals surface area contributed by atoms with E-state index in [4.69, 9.17) is 5.11 Å². The first-order valence-corrected chi connectivity index (χ1v) is 5.34. The number of carbonyl (C=O) groups excluding carboxylic acids is 1. The monoisotopic (exact) mass is 233 g/mol. The number of aliphatic carboxylic acids is 1. The third-order valence-electron chi connectivity index (χ3n) is 2.28. The van der Waals surface area contributed by atoms with E-state index < -0.39 is 5.97 Å². The van der Waals surface area contributed by atoms with Gasteiger partial charge in [0.1, 0.15) is 0 Å². The molecule has 1 amide bonds. The Bertz CT molecular complexity index is 446. The Balaban J connectivity index is 2.73. The smallest absolute Gasteiger partial charge is 0.330 e. The van der Waals surface area contributed by atoms with Gasteiger partial charge < -0.3 is 10.4 Å². The number of hydrogen-bond acceptors (Lipinski definition) is 2.